The fourth-order valence-electron chi connectivity index (χ4n) is 1.43. The van der Waals surface area contributed by atoms with E-state index in [1.165, 1.54) is 14.7 Å². The minimum absolute atomic E-state index is 0.185. The van der Waals surface area contributed by atoms with E-state index in [4.69, 9.17) is 0 Å². The first-order chi connectivity index (χ1) is 7.29. The summed E-state index contributed by atoms with van der Waals surface area (Å²) in [6.07, 6.45) is 0. The molecule has 0 radical (unpaired) electrons. The van der Waals surface area contributed by atoms with Crippen molar-refractivity contribution < 1.29 is 21.2 Å². The van der Waals surface area contributed by atoms with Gasteiger partial charge in [-0.25, -0.2) is 0 Å². The Bertz CT molecular complexity index is 448. The van der Waals surface area contributed by atoms with Crippen LogP contribution in [-0.4, -0.2) is 4.93 Å². The van der Waals surface area contributed by atoms with Crippen molar-refractivity contribution in [3.8, 4) is 11.1 Å². The van der Waals surface area contributed by atoms with E-state index in [1.54, 1.807) is 0 Å². The molecule has 0 aromatic heterocycles. The van der Waals surface area contributed by atoms with Crippen LogP contribution < -0.4 is 21.2 Å². The number of halogens is 2. The van der Waals surface area contributed by atoms with Gasteiger partial charge in [-0.1, -0.05) is 0 Å². The van der Waals surface area contributed by atoms with E-state index >= 15 is 0 Å². The Morgan fingerprint density at radius 2 is 1.67 bits per heavy atom. The topological polar surface area (TPSA) is 0 Å². The van der Waals surface area contributed by atoms with Crippen LogP contribution in [0, 0.1) is 3.57 Å². The fourth-order valence-corrected chi connectivity index (χ4v) is 2.91. The molecule has 0 fully saturated rings. The molecular weight excluding hydrogens is 363 g/mol. The van der Waals surface area contributed by atoms with Crippen molar-refractivity contribution in [2.75, 3.05) is 4.93 Å². The van der Waals surface area contributed by atoms with Gasteiger partial charge in [-0.3, -0.25) is 0 Å². The zero-order chi connectivity index (χ0) is 10.7. The molecule has 0 N–H and O–H groups in total. The number of hydrogen-bond donors (Lipinski definition) is 0. The molecule has 0 nitrogen and oxygen atoms in total. The summed E-state index contributed by atoms with van der Waals surface area (Å²) in [5.74, 6) is 0. The SMILES string of the molecule is C[I-]c1cccc(-c2ccc(Br)cc2)c1. The van der Waals surface area contributed by atoms with Crippen molar-refractivity contribution in [3.63, 3.8) is 0 Å². The van der Waals surface area contributed by atoms with E-state index in [0.717, 1.165) is 4.47 Å². The summed E-state index contributed by atoms with van der Waals surface area (Å²) >= 11 is 3.64. The zero-order valence-electron chi connectivity index (χ0n) is 8.37. The van der Waals surface area contributed by atoms with Crippen LogP contribution in [-0.2, 0) is 0 Å². The number of alkyl halides is 1. The van der Waals surface area contributed by atoms with Crippen LogP contribution in [0.25, 0.3) is 11.1 Å². The van der Waals surface area contributed by atoms with Crippen molar-refractivity contribution >= 4 is 15.9 Å². The summed E-state index contributed by atoms with van der Waals surface area (Å²) in [7, 11) is 0. The van der Waals surface area contributed by atoms with Gasteiger partial charge >= 0.3 is 110 Å². The first-order valence-electron chi connectivity index (χ1n) is 4.65. The number of rotatable bonds is 2. The molecule has 0 saturated carbocycles. The predicted octanol–water partition coefficient (Wildman–Crippen LogP) is 1.00. The van der Waals surface area contributed by atoms with Crippen molar-refractivity contribution in [1.82, 2.24) is 0 Å². The average Bonchev–Trinajstić information content (AvgIpc) is 2.30. The molecule has 0 atom stereocenters. The van der Waals surface area contributed by atoms with E-state index in [0.29, 0.717) is 0 Å². The van der Waals surface area contributed by atoms with Crippen LogP contribution >= 0.6 is 15.9 Å². The van der Waals surface area contributed by atoms with Gasteiger partial charge in [0.2, 0.25) is 0 Å². The van der Waals surface area contributed by atoms with Gasteiger partial charge in [-0.2, -0.15) is 0 Å². The Hall–Kier alpha value is -0.350. The number of benzene rings is 2. The molecule has 0 bridgehead atoms. The Kier molecular flexibility index (Phi) is 3.81. The maximum absolute atomic E-state index is 3.45. The second-order valence-corrected chi connectivity index (χ2v) is 6.45. The van der Waals surface area contributed by atoms with Crippen molar-refractivity contribution in [3.05, 3.63) is 56.6 Å². The normalized spacial score (nSPS) is 10.5. The summed E-state index contributed by atoms with van der Waals surface area (Å²) in [4.78, 5) is 2.29. The molecule has 0 heterocycles. The van der Waals surface area contributed by atoms with E-state index in [2.05, 4.69) is 69.4 Å². The van der Waals surface area contributed by atoms with Crippen molar-refractivity contribution in [2.45, 2.75) is 0 Å². The minimum atomic E-state index is 0.185. The summed E-state index contributed by atoms with van der Waals surface area (Å²) in [5.41, 5.74) is 2.61. The van der Waals surface area contributed by atoms with Crippen LogP contribution in [0.15, 0.2) is 53.0 Å². The average molecular weight is 374 g/mol. The molecule has 0 amide bonds. The van der Waals surface area contributed by atoms with Gasteiger partial charge in [0.25, 0.3) is 0 Å². The fraction of sp³-hybridized carbons (Fsp3) is 0.0769. The van der Waals surface area contributed by atoms with Crippen molar-refractivity contribution in [2.24, 2.45) is 0 Å². The van der Waals surface area contributed by atoms with Crippen LogP contribution in [0.4, 0.5) is 0 Å². The van der Waals surface area contributed by atoms with Gasteiger partial charge in [0.05, 0.1) is 0 Å². The molecule has 2 heteroatoms. The van der Waals surface area contributed by atoms with Gasteiger partial charge in [-0.15, -0.1) is 0 Å². The molecule has 15 heavy (non-hydrogen) atoms. The molecule has 0 saturated heterocycles. The monoisotopic (exact) mass is 373 g/mol. The van der Waals surface area contributed by atoms with Gasteiger partial charge in [0.1, 0.15) is 0 Å². The van der Waals surface area contributed by atoms with Crippen LogP contribution in [0.5, 0.6) is 0 Å². The van der Waals surface area contributed by atoms with Gasteiger partial charge < -0.3 is 0 Å². The Morgan fingerprint density at radius 1 is 0.933 bits per heavy atom. The third-order valence-electron chi connectivity index (χ3n) is 2.22. The maximum atomic E-state index is 3.45. The first-order valence-corrected chi connectivity index (χ1v) is 8.68. The van der Waals surface area contributed by atoms with Crippen LogP contribution in [0.2, 0.25) is 0 Å². The predicted molar refractivity (Wildman–Crippen MR) is 64.2 cm³/mol. The quantitative estimate of drug-likeness (QED) is 0.544. The molecule has 2 rings (SSSR count). The second-order valence-electron chi connectivity index (χ2n) is 3.21. The van der Waals surface area contributed by atoms with E-state index in [1.807, 2.05) is 0 Å². The van der Waals surface area contributed by atoms with E-state index in [-0.39, 0.29) is 21.2 Å². The molecule has 0 aliphatic carbocycles. The van der Waals surface area contributed by atoms with E-state index < -0.39 is 0 Å². The zero-order valence-corrected chi connectivity index (χ0v) is 12.1. The van der Waals surface area contributed by atoms with Gasteiger partial charge in [0.15, 0.2) is 0 Å². The molecule has 2 aromatic rings. The Labute approximate surface area is 109 Å². The third kappa shape index (κ3) is 2.82. The van der Waals surface area contributed by atoms with Crippen molar-refractivity contribution in [1.29, 1.82) is 0 Å². The summed E-state index contributed by atoms with van der Waals surface area (Å²) in [6.45, 7) is 0. The molecular formula is C13H11BrI-. The molecule has 78 valence electrons. The number of hydrogen-bond acceptors (Lipinski definition) is 0. The third-order valence-corrected chi connectivity index (χ3v) is 4.67. The van der Waals surface area contributed by atoms with Gasteiger partial charge in [-0.05, 0) is 0 Å². The van der Waals surface area contributed by atoms with Crippen LogP contribution in [0.1, 0.15) is 0 Å². The second kappa shape index (κ2) is 5.12. The molecule has 0 unspecified atom stereocenters. The van der Waals surface area contributed by atoms with Gasteiger partial charge in [0, 0.05) is 0 Å². The molecule has 0 aliphatic rings. The summed E-state index contributed by atoms with van der Waals surface area (Å²) < 4.78 is 2.62. The first kappa shape index (κ1) is 11.1. The summed E-state index contributed by atoms with van der Waals surface area (Å²) in [6, 6.07) is 17.3. The standard InChI is InChI=1S/C13H11BrI/c1-15-13-4-2-3-11(9-13)10-5-7-12(14)8-6-10/h2-9H,1H3/q-1. The Morgan fingerprint density at radius 3 is 2.33 bits per heavy atom. The summed E-state index contributed by atoms with van der Waals surface area (Å²) in [5, 5.41) is 0. The Balaban J connectivity index is 2.40. The molecule has 0 aliphatic heterocycles. The molecule has 2 aromatic carbocycles. The van der Waals surface area contributed by atoms with E-state index in [9.17, 15) is 0 Å². The molecule has 0 spiro atoms. The van der Waals surface area contributed by atoms with Crippen LogP contribution in [0.3, 0.4) is 0 Å².